The van der Waals surface area contributed by atoms with Crippen LogP contribution in [-0.2, 0) is 9.53 Å². The van der Waals surface area contributed by atoms with Gasteiger partial charge >= 0.3 is 5.97 Å². The van der Waals surface area contributed by atoms with Crippen LogP contribution in [0.2, 0.25) is 0 Å². The molecule has 1 heterocycles. The number of carbonyl (C=O) groups is 2. The van der Waals surface area contributed by atoms with E-state index in [1.54, 1.807) is 49.6 Å². The number of esters is 1. The molecule has 1 unspecified atom stereocenters. The van der Waals surface area contributed by atoms with Crippen LogP contribution in [0, 0.1) is 0 Å². The number of rotatable bonds is 7. The second-order valence-corrected chi connectivity index (χ2v) is 5.86. The molecule has 0 fully saturated rings. The molecule has 0 aliphatic carbocycles. The summed E-state index contributed by atoms with van der Waals surface area (Å²) in [6.45, 7) is 4.13. The summed E-state index contributed by atoms with van der Waals surface area (Å²) in [6, 6.07) is 12.1. The van der Waals surface area contributed by atoms with Crippen molar-refractivity contribution in [2.75, 3.05) is 11.9 Å². The number of nitrogens with one attached hydrogen (secondary N) is 2. The number of carbonyl (C=O) groups excluding carboxylic acids is 2. The number of aromatic amines is 1. The van der Waals surface area contributed by atoms with E-state index in [9.17, 15) is 9.59 Å². The Balaban J connectivity index is 1.70. The molecule has 7 heteroatoms. The Bertz CT molecular complexity index is 951. The van der Waals surface area contributed by atoms with Gasteiger partial charge in [-0.05, 0) is 43.7 Å². The average molecular weight is 367 g/mol. The molecular weight excluding hydrogens is 346 g/mol. The third-order valence-electron chi connectivity index (χ3n) is 4.01. The standard InChI is InChI=1S/C20H21N3O4/c1-3-17(19(24)23-15-7-5-6-8-18(15)26-4-2)27-20(25)13-9-10-14-16(11-13)22-12-21-14/h5-12,17H,3-4H2,1-2H3,(H,21,22)(H,23,24). The third-order valence-corrected chi connectivity index (χ3v) is 4.01. The van der Waals surface area contributed by atoms with Gasteiger partial charge in [-0.2, -0.15) is 0 Å². The maximum atomic E-state index is 12.6. The molecule has 1 atom stereocenters. The minimum atomic E-state index is -0.912. The molecule has 0 radical (unpaired) electrons. The summed E-state index contributed by atoms with van der Waals surface area (Å²) in [5.41, 5.74) is 2.38. The molecule has 0 spiro atoms. The highest BCUT2D eigenvalue weighted by molar-refractivity contribution is 5.99. The minimum Gasteiger partial charge on any atom is -0.492 e. The molecule has 0 aliphatic heterocycles. The number of para-hydroxylation sites is 2. The highest BCUT2D eigenvalue weighted by Gasteiger charge is 2.23. The Labute approximate surface area is 156 Å². The monoisotopic (exact) mass is 367 g/mol. The van der Waals surface area contributed by atoms with Crippen molar-refractivity contribution in [2.24, 2.45) is 0 Å². The first-order chi connectivity index (χ1) is 13.1. The molecule has 7 nitrogen and oxygen atoms in total. The van der Waals surface area contributed by atoms with Crippen LogP contribution in [0.5, 0.6) is 5.75 Å². The fourth-order valence-corrected chi connectivity index (χ4v) is 2.65. The summed E-state index contributed by atoms with van der Waals surface area (Å²) >= 11 is 0. The number of hydrogen-bond acceptors (Lipinski definition) is 5. The molecule has 2 N–H and O–H groups in total. The molecule has 1 aromatic heterocycles. The molecule has 3 aromatic rings. The first kappa shape index (κ1) is 18.4. The molecule has 0 saturated carbocycles. The van der Waals surface area contributed by atoms with E-state index in [1.165, 1.54) is 0 Å². The average Bonchev–Trinajstić information content (AvgIpc) is 3.15. The molecule has 3 rings (SSSR count). The van der Waals surface area contributed by atoms with Crippen molar-refractivity contribution < 1.29 is 19.1 Å². The number of anilines is 1. The van der Waals surface area contributed by atoms with Crippen LogP contribution in [-0.4, -0.2) is 34.6 Å². The summed E-state index contributed by atoms with van der Waals surface area (Å²) in [6.07, 6.45) is 0.989. The minimum absolute atomic E-state index is 0.348. The van der Waals surface area contributed by atoms with Gasteiger partial charge in [0, 0.05) is 0 Å². The fourth-order valence-electron chi connectivity index (χ4n) is 2.65. The number of nitrogens with zero attached hydrogens (tertiary/aromatic N) is 1. The van der Waals surface area contributed by atoms with Gasteiger partial charge in [0.25, 0.3) is 5.91 Å². The Hall–Kier alpha value is -3.35. The van der Waals surface area contributed by atoms with Crippen molar-refractivity contribution in [1.82, 2.24) is 9.97 Å². The van der Waals surface area contributed by atoms with E-state index in [0.29, 0.717) is 30.0 Å². The van der Waals surface area contributed by atoms with Gasteiger partial charge in [-0.1, -0.05) is 19.1 Å². The van der Waals surface area contributed by atoms with Crippen molar-refractivity contribution in [3.05, 3.63) is 54.4 Å². The normalized spacial score (nSPS) is 11.8. The molecule has 0 aliphatic rings. The number of H-pyrrole nitrogens is 1. The summed E-state index contributed by atoms with van der Waals surface area (Å²) in [5, 5.41) is 2.77. The number of aromatic nitrogens is 2. The SMILES string of the molecule is CCOc1ccccc1NC(=O)C(CC)OC(=O)c1ccc2nc[nH]c2c1. The van der Waals surface area contributed by atoms with E-state index in [1.807, 2.05) is 13.0 Å². The molecule has 140 valence electrons. The van der Waals surface area contributed by atoms with Crippen LogP contribution in [0.15, 0.2) is 48.8 Å². The summed E-state index contributed by atoms with van der Waals surface area (Å²) in [5.74, 6) is -0.397. The number of hydrogen-bond donors (Lipinski definition) is 2. The maximum absolute atomic E-state index is 12.6. The van der Waals surface area contributed by atoms with Crippen LogP contribution >= 0.6 is 0 Å². The van der Waals surface area contributed by atoms with Crippen LogP contribution in [0.25, 0.3) is 11.0 Å². The fraction of sp³-hybridized carbons (Fsp3) is 0.250. The lowest BCUT2D eigenvalue weighted by molar-refractivity contribution is -0.124. The lowest BCUT2D eigenvalue weighted by Gasteiger charge is -2.17. The third kappa shape index (κ3) is 4.25. The van der Waals surface area contributed by atoms with Crippen LogP contribution in [0.4, 0.5) is 5.69 Å². The molecule has 0 saturated heterocycles. The highest BCUT2D eigenvalue weighted by Crippen LogP contribution is 2.24. The molecule has 0 bridgehead atoms. The van der Waals surface area contributed by atoms with Crippen molar-refractivity contribution in [3.63, 3.8) is 0 Å². The van der Waals surface area contributed by atoms with E-state index in [0.717, 1.165) is 11.0 Å². The molecule has 27 heavy (non-hydrogen) atoms. The maximum Gasteiger partial charge on any atom is 0.338 e. The Morgan fingerprint density at radius 3 is 2.78 bits per heavy atom. The van der Waals surface area contributed by atoms with Crippen molar-refractivity contribution in [2.45, 2.75) is 26.4 Å². The molecule has 1 amide bonds. The zero-order valence-electron chi connectivity index (χ0n) is 15.2. The topological polar surface area (TPSA) is 93.3 Å². The van der Waals surface area contributed by atoms with Gasteiger partial charge in [0.1, 0.15) is 5.75 Å². The van der Waals surface area contributed by atoms with Crippen molar-refractivity contribution in [3.8, 4) is 5.75 Å². The second kappa shape index (κ2) is 8.35. The first-order valence-electron chi connectivity index (χ1n) is 8.79. The van der Waals surface area contributed by atoms with Gasteiger partial charge < -0.3 is 19.8 Å². The van der Waals surface area contributed by atoms with Crippen molar-refractivity contribution >= 4 is 28.6 Å². The van der Waals surface area contributed by atoms with Gasteiger partial charge in [0.15, 0.2) is 6.10 Å². The highest BCUT2D eigenvalue weighted by atomic mass is 16.5. The quantitative estimate of drug-likeness (QED) is 0.623. The van der Waals surface area contributed by atoms with E-state index < -0.39 is 18.0 Å². The Morgan fingerprint density at radius 2 is 2.00 bits per heavy atom. The van der Waals surface area contributed by atoms with Crippen LogP contribution in [0.3, 0.4) is 0 Å². The molecular formula is C20H21N3O4. The van der Waals surface area contributed by atoms with Crippen LogP contribution in [0.1, 0.15) is 30.6 Å². The van der Waals surface area contributed by atoms with E-state index in [4.69, 9.17) is 9.47 Å². The number of ether oxygens (including phenoxy) is 2. The smallest absolute Gasteiger partial charge is 0.338 e. The number of fused-ring (bicyclic) bond motifs is 1. The van der Waals surface area contributed by atoms with Gasteiger partial charge in [-0.25, -0.2) is 9.78 Å². The lowest BCUT2D eigenvalue weighted by atomic mass is 10.2. The van der Waals surface area contributed by atoms with Gasteiger partial charge in [0.05, 0.1) is 35.2 Å². The van der Waals surface area contributed by atoms with E-state index in [-0.39, 0.29) is 0 Å². The lowest BCUT2D eigenvalue weighted by Crippen LogP contribution is -2.32. The predicted octanol–water partition coefficient (Wildman–Crippen LogP) is 3.54. The van der Waals surface area contributed by atoms with E-state index >= 15 is 0 Å². The van der Waals surface area contributed by atoms with Gasteiger partial charge in [0.2, 0.25) is 0 Å². The van der Waals surface area contributed by atoms with Gasteiger partial charge in [-0.15, -0.1) is 0 Å². The second-order valence-electron chi connectivity index (χ2n) is 5.86. The summed E-state index contributed by atoms with van der Waals surface area (Å²) in [7, 11) is 0. The zero-order valence-corrected chi connectivity index (χ0v) is 15.2. The summed E-state index contributed by atoms with van der Waals surface area (Å²) in [4.78, 5) is 32.1. The number of benzene rings is 2. The zero-order chi connectivity index (χ0) is 19.2. The van der Waals surface area contributed by atoms with Crippen molar-refractivity contribution in [1.29, 1.82) is 0 Å². The Kier molecular flexibility index (Phi) is 5.71. The first-order valence-corrected chi connectivity index (χ1v) is 8.79. The largest absolute Gasteiger partial charge is 0.492 e. The van der Waals surface area contributed by atoms with Crippen LogP contribution < -0.4 is 10.1 Å². The number of amides is 1. The van der Waals surface area contributed by atoms with Gasteiger partial charge in [-0.3, -0.25) is 4.79 Å². The number of imidazole rings is 1. The summed E-state index contributed by atoms with van der Waals surface area (Å²) < 4.78 is 10.9. The van der Waals surface area contributed by atoms with E-state index in [2.05, 4.69) is 15.3 Å². The predicted molar refractivity (Wildman–Crippen MR) is 102 cm³/mol. The molecule has 2 aromatic carbocycles. The Morgan fingerprint density at radius 1 is 1.19 bits per heavy atom.